The third-order valence-corrected chi connectivity index (χ3v) is 9.02. The van der Waals surface area contributed by atoms with Crippen LogP contribution in [0.2, 0.25) is 0 Å². The molecule has 1 aliphatic heterocycles. The number of pyridine rings is 1. The number of ether oxygens (including phenoxy) is 1. The number of carbonyl (C=O) groups excluding carboxylic acids is 4. The van der Waals surface area contributed by atoms with Gasteiger partial charge in [0, 0.05) is 52.1 Å². The number of aliphatic hydroxyl groups excluding tert-OH is 10. The van der Waals surface area contributed by atoms with Crippen LogP contribution in [0, 0.1) is 0 Å². The Morgan fingerprint density at radius 1 is 0.661 bits per heavy atom. The molecule has 1 radical (unpaired) electrons. The molecule has 22 nitrogen and oxygen atoms in total. The summed E-state index contributed by atoms with van der Waals surface area (Å²) in [6, 6.07) is 2.22. The van der Waals surface area contributed by atoms with Crippen LogP contribution in [0.1, 0.15) is 37.1 Å². The summed E-state index contributed by atoms with van der Waals surface area (Å²) in [5, 5.41) is 125. The molecule has 0 aromatic carbocycles. The maximum Gasteiger partial charge on any atom is 2.00 e. The summed E-state index contributed by atoms with van der Waals surface area (Å²) < 4.78 is 5.71. The van der Waals surface area contributed by atoms with Crippen LogP contribution in [0.3, 0.4) is 0 Å². The van der Waals surface area contributed by atoms with Crippen molar-refractivity contribution >= 4 is 23.8 Å². The second-order valence-electron chi connectivity index (χ2n) is 13.1. The summed E-state index contributed by atoms with van der Waals surface area (Å²) in [6.45, 7) is -3.01. The Morgan fingerprint density at radius 2 is 1.02 bits per heavy atom. The quantitative estimate of drug-likeness (QED) is 0.0482. The van der Waals surface area contributed by atoms with Gasteiger partial charge in [-0.3, -0.25) is 24.4 Å². The number of carboxylic acid groups (broad SMARTS) is 2. The summed E-state index contributed by atoms with van der Waals surface area (Å²) in [5.74, 6) is -4.40. The molecule has 10 atom stereocenters. The predicted octanol–water partition coefficient (Wildman–Crippen LogP) is -9.39. The number of aliphatic carboxylic acids is 2. The normalized spacial score (nSPS) is 19.8. The van der Waals surface area contributed by atoms with Crippen molar-refractivity contribution in [3.05, 3.63) is 29.6 Å². The SMILES string of the molecule is O=C(CC[C@H](C(=O)[O-])N1CCOCCN([C@H](CCC(=O)NC[C@H](O)[C@@H](O)[C@H](O)[C@H](O)CO)C(=O)[O-])Cc2cccc(n2)C1)NC[C@H](O)[C@@H](O)[C@H](O)[C@H](O)CO.[Mn+2]. The molecule has 0 aliphatic carbocycles. The van der Waals surface area contributed by atoms with Crippen molar-refractivity contribution in [3.8, 4) is 0 Å². The van der Waals surface area contributed by atoms with Crippen molar-refractivity contribution in [1.29, 1.82) is 0 Å². The average molecular weight is 847 g/mol. The van der Waals surface area contributed by atoms with Crippen molar-refractivity contribution in [2.75, 3.05) is 52.6 Å². The summed E-state index contributed by atoms with van der Waals surface area (Å²) in [6.07, 6.45) is -15.7. The first-order chi connectivity index (χ1) is 26.0. The van der Waals surface area contributed by atoms with Gasteiger partial charge in [0.2, 0.25) is 11.8 Å². The molecule has 12 N–H and O–H groups in total. The Bertz CT molecular complexity index is 1260. The van der Waals surface area contributed by atoms with Gasteiger partial charge in [-0.25, -0.2) is 0 Å². The van der Waals surface area contributed by atoms with Gasteiger partial charge in [0.25, 0.3) is 0 Å². The van der Waals surface area contributed by atoms with E-state index in [2.05, 4.69) is 15.6 Å². The Kier molecular flexibility index (Phi) is 23.8. The molecule has 56 heavy (non-hydrogen) atoms. The van der Waals surface area contributed by atoms with Crippen molar-refractivity contribution < 1.29 is 102 Å². The maximum atomic E-state index is 12.5. The minimum atomic E-state index is -1.90. The Hall–Kier alpha value is -2.97. The summed E-state index contributed by atoms with van der Waals surface area (Å²) in [5.41, 5.74) is 0.771. The van der Waals surface area contributed by atoms with Crippen LogP contribution in [-0.4, -0.2) is 203 Å². The topological polar surface area (TPSA) is 369 Å². The zero-order valence-corrected chi connectivity index (χ0v) is 31.6. The molecule has 1 aromatic heterocycles. The second-order valence-corrected chi connectivity index (χ2v) is 13.1. The smallest absolute Gasteiger partial charge is 0.548 e. The second kappa shape index (κ2) is 26.1. The van der Waals surface area contributed by atoms with Gasteiger partial charge < -0.3 is 86.2 Å². The molecule has 23 heteroatoms. The van der Waals surface area contributed by atoms with E-state index >= 15 is 0 Å². The number of rotatable bonds is 22. The predicted molar refractivity (Wildman–Crippen MR) is 180 cm³/mol. The molecule has 0 saturated carbocycles. The maximum absolute atomic E-state index is 12.5. The third-order valence-electron chi connectivity index (χ3n) is 9.02. The van der Waals surface area contributed by atoms with Gasteiger partial charge in [-0.05, 0) is 25.0 Å². The number of carboxylic acids is 2. The van der Waals surface area contributed by atoms with Gasteiger partial charge in [-0.15, -0.1) is 0 Å². The molecule has 2 rings (SSSR count). The minimum Gasteiger partial charge on any atom is -0.548 e. The fourth-order valence-corrected chi connectivity index (χ4v) is 5.69. The van der Waals surface area contributed by atoms with E-state index in [1.165, 1.54) is 9.80 Å². The largest absolute Gasteiger partial charge is 2.00 e. The fourth-order valence-electron chi connectivity index (χ4n) is 5.69. The first-order valence-electron chi connectivity index (χ1n) is 17.6. The molecule has 0 saturated heterocycles. The van der Waals surface area contributed by atoms with Crippen molar-refractivity contribution in [1.82, 2.24) is 25.4 Å². The van der Waals surface area contributed by atoms with Crippen LogP contribution in [-0.2, 0) is 54.1 Å². The average Bonchev–Trinajstić information content (AvgIpc) is 3.16. The van der Waals surface area contributed by atoms with E-state index in [4.69, 9.17) is 14.9 Å². The summed E-state index contributed by atoms with van der Waals surface area (Å²) in [4.78, 5) is 57.0. The number of nitrogens with zero attached hydrogens (tertiary/aromatic N) is 3. The number of hydrogen-bond acceptors (Lipinski definition) is 20. The number of amides is 2. The van der Waals surface area contributed by atoms with Crippen LogP contribution in [0.4, 0.5) is 0 Å². The number of aliphatic hydroxyl groups is 10. The number of nitrogens with one attached hydrogen (secondary N) is 2. The number of fused-ring (bicyclic) bond motifs is 2. The van der Waals surface area contributed by atoms with Gasteiger partial charge >= 0.3 is 17.1 Å². The number of hydrogen-bond donors (Lipinski definition) is 12. The molecular weight excluding hydrogens is 793 g/mol. The molecule has 2 heterocycles. The van der Waals surface area contributed by atoms with Crippen molar-refractivity contribution in [2.24, 2.45) is 0 Å². The first-order valence-corrected chi connectivity index (χ1v) is 17.6. The van der Waals surface area contributed by atoms with E-state index in [0.717, 1.165) is 0 Å². The number of carbonyl (C=O) groups is 4. The van der Waals surface area contributed by atoms with Crippen molar-refractivity contribution in [3.63, 3.8) is 0 Å². The van der Waals surface area contributed by atoms with Gasteiger partial charge in [0.05, 0.1) is 74.0 Å². The summed E-state index contributed by atoms with van der Waals surface area (Å²) >= 11 is 0. The van der Waals surface area contributed by atoms with E-state index in [1.54, 1.807) is 18.2 Å². The van der Waals surface area contributed by atoms with Gasteiger partial charge in [0.1, 0.15) is 36.6 Å². The molecule has 0 spiro atoms. The Morgan fingerprint density at radius 3 is 1.36 bits per heavy atom. The van der Waals surface area contributed by atoms with E-state index in [9.17, 15) is 70.2 Å². The third kappa shape index (κ3) is 16.9. The zero-order chi connectivity index (χ0) is 41.2. The van der Waals surface area contributed by atoms with E-state index < -0.39 is 111 Å². The zero-order valence-electron chi connectivity index (χ0n) is 30.5. The first kappa shape index (κ1) is 51.0. The molecule has 2 bridgehead atoms. The van der Waals surface area contributed by atoms with Crippen molar-refractivity contribution in [2.45, 2.75) is 99.7 Å². The molecule has 0 unspecified atom stereocenters. The van der Waals surface area contributed by atoms with E-state index in [-0.39, 0.29) is 82.1 Å². The van der Waals surface area contributed by atoms with Crippen LogP contribution in [0.15, 0.2) is 18.2 Å². The van der Waals surface area contributed by atoms with Crippen LogP contribution in [0.5, 0.6) is 0 Å². The molecule has 1 aromatic rings. The summed E-state index contributed by atoms with van der Waals surface area (Å²) in [7, 11) is 0. The van der Waals surface area contributed by atoms with Crippen LogP contribution in [0.25, 0.3) is 0 Å². The Balaban J connectivity index is 0.0000157. The van der Waals surface area contributed by atoms with Gasteiger partial charge in [-0.1, -0.05) is 6.07 Å². The van der Waals surface area contributed by atoms with Gasteiger partial charge in [0.15, 0.2) is 0 Å². The van der Waals surface area contributed by atoms with Crippen LogP contribution < -0.4 is 20.8 Å². The molecule has 2 amide bonds. The molecule has 319 valence electrons. The Labute approximate surface area is 332 Å². The van der Waals surface area contributed by atoms with E-state index in [1.807, 2.05) is 0 Å². The van der Waals surface area contributed by atoms with Gasteiger partial charge in [-0.2, -0.15) is 0 Å². The standard InChI is InChI=1S/C33H55N5O17.Mn/c39-16-24(43)30(49)28(47)22(41)12-34-26(45)6-4-20(32(51)52)37-8-10-55-11-9-38(15-19-3-1-2-18(14-37)36-19)21(33(53)54)5-7-27(46)35-13-23(42)29(48)31(50)25(44)17-40;/h1-3,20-25,28-31,39-44,47-50H,4-17H2,(H,34,45)(H,35,46)(H,51,52)(H,53,54);/q;+2/p-2/t20-,21-,22+,23+,24-,25-,28-,29-,30-,31-;/m1./s1. The molecular formula is C33H53MnN5O17. The fraction of sp³-hybridized carbons (Fsp3) is 0.727. The number of aromatic nitrogens is 1. The monoisotopic (exact) mass is 846 g/mol. The molecule has 1 aliphatic rings. The van der Waals surface area contributed by atoms with E-state index in [0.29, 0.717) is 11.4 Å². The minimum absolute atomic E-state index is 0. The van der Waals surface area contributed by atoms with Crippen LogP contribution >= 0.6 is 0 Å². The molecule has 0 fully saturated rings.